The molecule has 1 heterocycles. The number of benzene rings is 1. The third-order valence-electron chi connectivity index (χ3n) is 5.59. The van der Waals surface area contributed by atoms with Crippen molar-refractivity contribution < 1.29 is 0 Å². The van der Waals surface area contributed by atoms with Crippen molar-refractivity contribution in [3.63, 3.8) is 0 Å². The molecule has 146 valence electrons. The summed E-state index contributed by atoms with van der Waals surface area (Å²) in [6, 6.07) is 13.0. The van der Waals surface area contributed by atoms with Crippen molar-refractivity contribution in [3.05, 3.63) is 65.5 Å². The molecular formula is C22H31IN4. The fourth-order valence-electron chi connectivity index (χ4n) is 3.98. The summed E-state index contributed by atoms with van der Waals surface area (Å²) < 4.78 is 0. The van der Waals surface area contributed by atoms with Gasteiger partial charge in [-0.05, 0) is 48.9 Å². The maximum Gasteiger partial charge on any atom is 0.191 e. The first-order valence-corrected chi connectivity index (χ1v) is 9.63. The van der Waals surface area contributed by atoms with Crippen molar-refractivity contribution in [3.8, 4) is 0 Å². The molecule has 4 nitrogen and oxygen atoms in total. The SMILES string of the molecule is CN=C(NCCc1ccncc1C)NCC1(c2ccccc2)CCCC1.I. The van der Waals surface area contributed by atoms with Gasteiger partial charge in [0.15, 0.2) is 5.96 Å². The van der Waals surface area contributed by atoms with E-state index in [9.17, 15) is 0 Å². The highest BCUT2D eigenvalue weighted by atomic mass is 127. The van der Waals surface area contributed by atoms with Crippen molar-refractivity contribution in [1.82, 2.24) is 15.6 Å². The highest BCUT2D eigenvalue weighted by molar-refractivity contribution is 14.0. The first-order valence-electron chi connectivity index (χ1n) is 9.63. The minimum atomic E-state index is 0. The molecule has 2 aromatic rings. The van der Waals surface area contributed by atoms with Crippen LogP contribution in [0.5, 0.6) is 0 Å². The van der Waals surface area contributed by atoms with Gasteiger partial charge in [0.25, 0.3) is 0 Å². The van der Waals surface area contributed by atoms with Crippen LogP contribution >= 0.6 is 24.0 Å². The summed E-state index contributed by atoms with van der Waals surface area (Å²) in [5.74, 6) is 0.888. The molecule has 1 fully saturated rings. The van der Waals surface area contributed by atoms with Crippen molar-refractivity contribution in [2.45, 2.75) is 44.4 Å². The summed E-state index contributed by atoms with van der Waals surface area (Å²) in [7, 11) is 1.84. The van der Waals surface area contributed by atoms with Gasteiger partial charge in [0.2, 0.25) is 0 Å². The Bertz CT molecular complexity index is 724. The van der Waals surface area contributed by atoms with Gasteiger partial charge in [-0.2, -0.15) is 0 Å². The van der Waals surface area contributed by atoms with Crippen molar-refractivity contribution >= 4 is 29.9 Å². The number of rotatable bonds is 6. The Hall–Kier alpha value is -1.63. The monoisotopic (exact) mass is 478 g/mol. The standard InChI is InChI=1S/C22H30N4.HI/c1-18-16-24-14-10-19(18)11-15-25-21(23-2)26-17-22(12-6-7-13-22)20-8-4-3-5-9-20;/h3-5,8-10,14,16H,6-7,11-13,15,17H2,1-2H3,(H2,23,25,26);1H. The minimum Gasteiger partial charge on any atom is -0.356 e. The van der Waals surface area contributed by atoms with Crippen LogP contribution in [0.4, 0.5) is 0 Å². The van der Waals surface area contributed by atoms with Gasteiger partial charge < -0.3 is 10.6 Å². The summed E-state index contributed by atoms with van der Waals surface area (Å²) in [4.78, 5) is 8.57. The molecule has 0 saturated heterocycles. The van der Waals surface area contributed by atoms with E-state index in [4.69, 9.17) is 0 Å². The number of nitrogens with zero attached hydrogens (tertiary/aromatic N) is 2. The molecule has 0 spiro atoms. The van der Waals surface area contributed by atoms with E-state index in [0.717, 1.165) is 25.5 Å². The molecule has 0 amide bonds. The zero-order chi connectivity index (χ0) is 18.2. The second-order valence-electron chi connectivity index (χ2n) is 7.26. The molecule has 1 aromatic carbocycles. The Morgan fingerprint density at radius 1 is 1.11 bits per heavy atom. The molecule has 27 heavy (non-hydrogen) atoms. The van der Waals surface area contributed by atoms with Gasteiger partial charge in [0, 0.05) is 37.9 Å². The summed E-state index contributed by atoms with van der Waals surface area (Å²) in [5, 5.41) is 7.03. The summed E-state index contributed by atoms with van der Waals surface area (Å²) >= 11 is 0. The van der Waals surface area contributed by atoms with Crippen LogP contribution in [-0.2, 0) is 11.8 Å². The Kier molecular flexibility index (Phi) is 8.54. The van der Waals surface area contributed by atoms with Crippen molar-refractivity contribution in [2.24, 2.45) is 4.99 Å². The predicted molar refractivity (Wildman–Crippen MR) is 124 cm³/mol. The van der Waals surface area contributed by atoms with Gasteiger partial charge >= 0.3 is 0 Å². The highest BCUT2D eigenvalue weighted by Gasteiger charge is 2.35. The van der Waals surface area contributed by atoms with Crippen molar-refractivity contribution in [2.75, 3.05) is 20.1 Å². The first kappa shape index (κ1) is 21.7. The van der Waals surface area contributed by atoms with E-state index >= 15 is 0 Å². The zero-order valence-corrected chi connectivity index (χ0v) is 18.7. The maximum absolute atomic E-state index is 4.41. The van der Waals surface area contributed by atoms with E-state index in [1.807, 2.05) is 19.4 Å². The molecule has 1 aliphatic carbocycles. The second-order valence-corrected chi connectivity index (χ2v) is 7.26. The first-order chi connectivity index (χ1) is 12.7. The number of guanidine groups is 1. The number of aryl methyl sites for hydroxylation is 1. The van der Waals surface area contributed by atoms with Crippen LogP contribution in [0.3, 0.4) is 0 Å². The lowest BCUT2D eigenvalue weighted by Gasteiger charge is -2.30. The fourth-order valence-corrected chi connectivity index (χ4v) is 3.98. The van der Waals surface area contributed by atoms with E-state index in [0.29, 0.717) is 0 Å². The van der Waals surface area contributed by atoms with E-state index in [1.54, 1.807) is 0 Å². The Balaban J connectivity index is 0.00000261. The third kappa shape index (κ3) is 5.67. The molecule has 3 rings (SSSR count). The lowest BCUT2D eigenvalue weighted by molar-refractivity contribution is 0.432. The molecule has 1 aromatic heterocycles. The van der Waals surface area contributed by atoms with E-state index in [1.165, 1.54) is 42.4 Å². The average Bonchev–Trinajstić information content (AvgIpc) is 3.17. The summed E-state index contributed by atoms with van der Waals surface area (Å²) in [6.45, 7) is 3.91. The van der Waals surface area contributed by atoms with Crippen LogP contribution < -0.4 is 10.6 Å². The topological polar surface area (TPSA) is 49.3 Å². The van der Waals surface area contributed by atoms with Crippen LogP contribution in [0.15, 0.2) is 53.8 Å². The Morgan fingerprint density at radius 2 is 1.85 bits per heavy atom. The quantitative estimate of drug-likeness (QED) is 0.371. The van der Waals surface area contributed by atoms with Crippen LogP contribution in [0.2, 0.25) is 0 Å². The summed E-state index contributed by atoms with van der Waals surface area (Å²) in [5.41, 5.74) is 4.26. The largest absolute Gasteiger partial charge is 0.356 e. The molecule has 0 atom stereocenters. The molecule has 0 radical (unpaired) electrons. The summed E-state index contributed by atoms with van der Waals surface area (Å²) in [6.07, 6.45) is 9.87. The number of aromatic nitrogens is 1. The number of halogens is 1. The van der Waals surface area contributed by atoms with Crippen LogP contribution in [-0.4, -0.2) is 31.1 Å². The Morgan fingerprint density at radius 3 is 2.52 bits per heavy atom. The lowest BCUT2D eigenvalue weighted by Crippen LogP contribution is -2.45. The van der Waals surface area contributed by atoms with Gasteiger partial charge in [-0.25, -0.2) is 0 Å². The van der Waals surface area contributed by atoms with Crippen LogP contribution in [0, 0.1) is 6.92 Å². The number of aliphatic imine (C=N–C) groups is 1. The average molecular weight is 478 g/mol. The molecule has 0 unspecified atom stereocenters. The third-order valence-corrected chi connectivity index (χ3v) is 5.59. The molecule has 1 saturated carbocycles. The second kappa shape index (κ2) is 10.6. The van der Waals surface area contributed by atoms with E-state index in [2.05, 4.69) is 63.9 Å². The smallest absolute Gasteiger partial charge is 0.191 e. The van der Waals surface area contributed by atoms with Gasteiger partial charge in [0.1, 0.15) is 0 Å². The van der Waals surface area contributed by atoms with Gasteiger partial charge in [-0.1, -0.05) is 43.2 Å². The van der Waals surface area contributed by atoms with E-state index in [-0.39, 0.29) is 29.4 Å². The maximum atomic E-state index is 4.41. The van der Waals surface area contributed by atoms with Gasteiger partial charge in [0.05, 0.1) is 0 Å². The molecule has 0 bridgehead atoms. The van der Waals surface area contributed by atoms with Crippen molar-refractivity contribution in [1.29, 1.82) is 0 Å². The number of hydrogen-bond donors (Lipinski definition) is 2. The van der Waals surface area contributed by atoms with Gasteiger partial charge in [-0.3, -0.25) is 9.98 Å². The molecule has 5 heteroatoms. The predicted octanol–water partition coefficient (Wildman–Crippen LogP) is 4.23. The minimum absolute atomic E-state index is 0. The Labute approximate surface area is 180 Å². The molecule has 0 aliphatic heterocycles. The molecular weight excluding hydrogens is 447 g/mol. The number of pyridine rings is 1. The molecule has 1 aliphatic rings. The van der Waals surface area contributed by atoms with Gasteiger partial charge in [-0.15, -0.1) is 24.0 Å². The molecule has 2 N–H and O–H groups in total. The highest BCUT2D eigenvalue weighted by Crippen LogP contribution is 2.40. The number of hydrogen-bond acceptors (Lipinski definition) is 2. The van der Waals surface area contributed by atoms with Crippen LogP contribution in [0.25, 0.3) is 0 Å². The number of nitrogens with one attached hydrogen (secondary N) is 2. The fraction of sp³-hybridized carbons (Fsp3) is 0.455. The van der Waals surface area contributed by atoms with Crippen LogP contribution in [0.1, 0.15) is 42.4 Å². The normalized spacial score (nSPS) is 15.9. The zero-order valence-electron chi connectivity index (χ0n) is 16.4. The lowest BCUT2D eigenvalue weighted by atomic mass is 9.79. The van der Waals surface area contributed by atoms with E-state index < -0.39 is 0 Å².